The number of amides is 1. The van der Waals surface area contributed by atoms with Crippen LogP contribution in [0.2, 0.25) is 0 Å². The maximum absolute atomic E-state index is 12.4. The van der Waals surface area contributed by atoms with Gasteiger partial charge in [-0.15, -0.1) is 0 Å². The Balaban J connectivity index is 1.38. The van der Waals surface area contributed by atoms with Crippen LogP contribution in [-0.4, -0.2) is 47.3 Å². The monoisotopic (exact) mass is 327 g/mol. The van der Waals surface area contributed by atoms with E-state index in [9.17, 15) is 4.79 Å². The number of ether oxygens (including phenoxy) is 1. The van der Waals surface area contributed by atoms with Crippen LogP contribution in [0.5, 0.6) is 0 Å². The number of aromatic nitrogens is 2. The molecular weight excluding hydrogens is 306 g/mol. The molecule has 2 aliphatic heterocycles. The molecule has 0 aliphatic carbocycles. The van der Waals surface area contributed by atoms with E-state index < -0.39 is 0 Å². The SMILES string of the molecule is O=C([C@H]1CCOC1)N1CCC(c2nc(-c3ccccc3)no2)CC1. The van der Waals surface area contributed by atoms with E-state index in [0.717, 1.165) is 37.9 Å². The molecule has 1 amide bonds. The second-order valence-electron chi connectivity index (χ2n) is 6.48. The average molecular weight is 327 g/mol. The van der Waals surface area contributed by atoms with E-state index in [1.165, 1.54) is 0 Å². The van der Waals surface area contributed by atoms with Crippen LogP contribution in [0.25, 0.3) is 11.4 Å². The fourth-order valence-electron chi connectivity index (χ4n) is 3.44. The normalized spacial score (nSPS) is 22.0. The summed E-state index contributed by atoms with van der Waals surface area (Å²) in [4.78, 5) is 18.9. The molecule has 126 valence electrons. The number of piperidine rings is 1. The molecule has 0 saturated carbocycles. The molecule has 1 aromatic carbocycles. The van der Waals surface area contributed by atoms with Crippen molar-refractivity contribution in [3.8, 4) is 11.4 Å². The fourth-order valence-corrected chi connectivity index (χ4v) is 3.44. The topological polar surface area (TPSA) is 68.5 Å². The van der Waals surface area contributed by atoms with Gasteiger partial charge in [-0.1, -0.05) is 35.5 Å². The van der Waals surface area contributed by atoms with Crippen molar-refractivity contribution in [3.05, 3.63) is 36.2 Å². The van der Waals surface area contributed by atoms with Crippen LogP contribution < -0.4 is 0 Å². The maximum atomic E-state index is 12.4. The summed E-state index contributed by atoms with van der Waals surface area (Å²) in [5.41, 5.74) is 0.960. The zero-order valence-corrected chi connectivity index (χ0v) is 13.6. The van der Waals surface area contributed by atoms with Crippen molar-refractivity contribution in [2.24, 2.45) is 5.92 Å². The van der Waals surface area contributed by atoms with E-state index in [0.29, 0.717) is 24.9 Å². The first-order chi connectivity index (χ1) is 11.8. The van der Waals surface area contributed by atoms with E-state index in [4.69, 9.17) is 9.26 Å². The smallest absolute Gasteiger partial charge is 0.230 e. The standard InChI is InChI=1S/C18H21N3O3/c22-18(15-8-11-23-12-15)21-9-6-14(7-10-21)17-19-16(20-24-17)13-4-2-1-3-5-13/h1-5,14-15H,6-12H2/t15-/m0/s1. The van der Waals surface area contributed by atoms with Crippen molar-refractivity contribution >= 4 is 5.91 Å². The van der Waals surface area contributed by atoms with Gasteiger partial charge in [0.05, 0.1) is 12.5 Å². The quantitative estimate of drug-likeness (QED) is 0.866. The number of rotatable bonds is 3. The molecule has 4 rings (SSSR count). The van der Waals surface area contributed by atoms with Crippen molar-refractivity contribution in [2.75, 3.05) is 26.3 Å². The molecule has 24 heavy (non-hydrogen) atoms. The molecule has 0 radical (unpaired) electrons. The molecule has 2 fully saturated rings. The minimum atomic E-state index is 0.0506. The van der Waals surface area contributed by atoms with Crippen LogP contribution in [0.4, 0.5) is 0 Å². The number of carbonyl (C=O) groups excluding carboxylic acids is 1. The first-order valence-corrected chi connectivity index (χ1v) is 8.57. The van der Waals surface area contributed by atoms with Crippen LogP contribution in [0, 0.1) is 5.92 Å². The summed E-state index contributed by atoms with van der Waals surface area (Å²) in [5.74, 6) is 1.84. The molecule has 2 aliphatic rings. The summed E-state index contributed by atoms with van der Waals surface area (Å²) in [5, 5.41) is 4.10. The molecule has 2 aromatic rings. The van der Waals surface area contributed by atoms with Crippen molar-refractivity contribution in [1.29, 1.82) is 0 Å². The van der Waals surface area contributed by atoms with Crippen molar-refractivity contribution < 1.29 is 14.1 Å². The maximum Gasteiger partial charge on any atom is 0.230 e. The Morgan fingerprint density at radius 3 is 2.62 bits per heavy atom. The van der Waals surface area contributed by atoms with Crippen LogP contribution in [0.15, 0.2) is 34.9 Å². The molecule has 0 bridgehead atoms. The highest BCUT2D eigenvalue weighted by Gasteiger charge is 2.32. The number of likely N-dealkylation sites (tertiary alicyclic amines) is 1. The second-order valence-corrected chi connectivity index (χ2v) is 6.48. The third kappa shape index (κ3) is 3.06. The molecule has 0 unspecified atom stereocenters. The highest BCUT2D eigenvalue weighted by atomic mass is 16.5. The highest BCUT2D eigenvalue weighted by Crippen LogP contribution is 2.29. The fraction of sp³-hybridized carbons (Fsp3) is 0.500. The molecule has 0 spiro atoms. The predicted molar refractivity (Wildman–Crippen MR) is 87.2 cm³/mol. The van der Waals surface area contributed by atoms with Gasteiger partial charge in [-0.25, -0.2) is 0 Å². The number of hydrogen-bond acceptors (Lipinski definition) is 5. The Kier molecular flexibility index (Phi) is 4.30. The second kappa shape index (κ2) is 6.73. The van der Waals surface area contributed by atoms with Gasteiger partial charge in [-0.2, -0.15) is 4.98 Å². The van der Waals surface area contributed by atoms with E-state index in [-0.39, 0.29) is 17.7 Å². The minimum Gasteiger partial charge on any atom is -0.381 e. The van der Waals surface area contributed by atoms with E-state index in [2.05, 4.69) is 10.1 Å². The minimum absolute atomic E-state index is 0.0506. The molecule has 2 saturated heterocycles. The van der Waals surface area contributed by atoms with Crippen molar-refractivity contribution in [1.82, 2.24) is 15.0 Å². The lowest BCUT2D eigenvalue weighted by molar-refractivity contribution is -0.136. The first-order valence-electron chi connectivity index (χ1n) is 8.57. The number of nitrogens with zero attached hydrogens (tertiary/aromatic N) is 3. The largest absolute Gasteiger partial charge is 0.381 e. The lowest BCUT2D eigenvalue weighted by Crippen LogP contribution is -2.41. The van der Waals surface area contributed by atoms with Crippen LogP contribution in [0.3, 0.4) is 0 Å². The zero-order chi connectivity index (χ0) is 16.4. The summed E-state index contributed by atoms with van der Waals surface area (Å²) in [6, 6.07) is 9.83. The van der Waals surface area contributed by atoms with Gasteiger partial charge in [0, 0.05) is 31.2 Å². The Morgan fingerprint density at radius 2 is 1.92 bits per heavy atom. The van der Waals surface area contributed by atoms with Gasteiger partial charge in [0.15, 0.2) is 0 Å². The van der Waals surface area contributed by atoms with Gasteiger partial charge < -0.3 is 14.2 Å². The van der Waals surface area contributed by atoms with Gasteiger partial charge >= 0.3 is 0 Å². The molecule has 6 nitrogen and oxygen atoms in total. The van der Waals surface area contributed by atoms with Crippen LogP contribution >= 0.6 is 0 Å². The summed E-state index contributed by atoms with van der Waals surface area (Å²) in [6.07, 6.45) is 2.59. The molecule has 1 aromatic heterocycles. The Bertz CT molecular complexity index is 687. The Labute approximate surface area is 140 Å². The first kappa shape index (κ1) is 15.3. The zero-order valence-electron chi connectivity index (χ0n) is 13.6. The lowest BCUT2D eigenvalue weighted by Gasteiger charge is -2.31. The van der Waals surface area contributed by atoms with Crippen molar-refractivity contribution in [2.45, 2.75) is 25.2 Å². The van der Waals surface area contributed by atoms with E-state index in [1.807, 2.05) is 35.2 Å². The van der Waals surface area contributed by atoms with E-state index in [1.54, 1.807) is 0 Å². The van der Waals surface area contributed by atoms with Crippen molar-refractivity contribution in [3.63, 3.8) is 0 Å². The van der Waals surface area contributed by atoms with Crippen LogP contribution in [-0.2, 0) is 9.53 Å². The third-order valence-corrected chi connectivity index (χ3v) is 4.91. The summed E-state index contributed by atoms with van der Waals surface area (Å²) >= 11 is 0. The molecule has 1 atom stereocenters. The summed E-state index contributed by atoms with van der Waals surface area (Å²) in [7, 11) is 0. The Morgan fingerprint density at radius 1 is 1.12 bits per heavy atom. The van der Waals surface area contributed by atoms with Gasteiger partial charge in [0.25, 0.3) is 0 Å². The van der Waals surface area contributed by atoms with Gasteiger partial charge in [0.2, 0.25) is 17.6 Å². The number of benzene rings is 1. The average Bonchev–Trinajstić information content (AvgIpc) is 3.34. The van der Waals surface area contributed by atoms with Gasteiger partial charge in [0.1, 0.15) is 0 Å². The molecule has 6 heteroatoms. The molecule has 0 N–H and O–H groups in total. The third-order valence-electron chi connectivity index (χ3n) is 4.91. The lowest BCUT2D eigenvalue weighted by atomic mass is 9.95. The summed E-state index contributed by atoms with van der Waals surface area (Å²) < 4.78 is 10.8. The summed E-state index contributed by atoms with van der Waals surface area (Å²) in [6.45, 7) is 2.78. The molecule has 3 heterocycles. The molecular formula is C18H21N3O3. The van der Waals surface area contributed by atoms with Crippen LogP contribution in [0.1, 0.15) is 31.1 Å². The van der Waals surface area contributed by atoms with Gasteiger partial charge in [-0.05, 0) is 19.3 Å². The number of carbonyl (C=O) groups is 1. The predicted octanol–water partition coefficient (Wildman–Crippen LogP) is 2.48. The van der Waals surface area contributed by atoms with Gasteiger partial charge in [-0.3, -0.25) is 4.79 Å². The van der Waals surface area contributed by atoms with E-state index >= 15 is 0 Å². The highest BCUT2D eigenvalue weighted by molar-refractivity contribution is 5.79. The Hall–Kier alpha value is -2.21. The number of hydrogen-bond donors (Lipinski definition) is 0.